The van der Waals surface area contributed by atoms with Crippen molar-refractivity contribution in [2.24, 2.45) is 5.11 Å². The molecule has 0 unspecified atom stereocenters. The fourth-order valence-corrected chi connectivity index (χ4v) is 1.58. The summed E-state index contributed by atoms with van der Waals surface area (Å²) in [6.07, 6.45) is 3.68. The Morgan fingerprint density at radius 2 is 2.38 bits per heavy atom. The Hall–Kier alpha value is -1.45. The van der Waals surface area contributed by atoms with Gasteiger partial charge in [0.15, 0.2) is 0 Å². The van der Waals surface area contributed by atoms with Crippen molar-refractivity contribution in [2.75, 3.05) is 13.2 Å². The molecule has 4 nitrogen and oxygen atoms in total. The Labute approximate surface area is 103 Å². The maximum atomic E-state index is 8.14. The summed E-state index contributed by atoms with van der Waals surface area (Å²) >= 11 is 3.40. The highest BCUT2D eigenvalue weighted by molar-refractivity contribution is 9.10. The molecule has 0 bridgehead atoms. The molecule has 0 aromatic heterocycles. The number of azide groups is 1. The summed E-state index contributed by atoms with van der Waals surface area (Å²) in [5.74, 6) is 0.822. The van der Waals surface area contributed by atoms with Crippen LogP contribution in [0.1, 0.15) is 12.5 Å². The molecule has 0 saturated carbocycles. The molecule has 1 aromatic rings. The number of benzene rings is 1. The molecule has 0 N–H and O–H groups in total. The van der Waals surface area contributed by atoms with Gasteiger partial charge in [-0.2, -0.15) is 0 Å². The van der Waals surface area contributed by atoms with Crippen LogP contribution >= 0.6 is 15.9 Å². The van der Waals surface area contributed by atoms with Crippen LogP contribution in [-0.2, 0) is 0 Å². The maximum Gasteiger partial charge on any atom is 0.126 e. The number of halogens is 1. The average molecular weight is 282 g/mol. The van der Waals surface area contributed by atoms with Gasteiger partial charge >= 0.3 is 0 Å². The van der Waals surface area contributed by atoms with Crippen LogP contribution in [0.2, 0.25) is 0 Å². The van der Waals surface area contributed by atoms with Crippen molar-refractivity contribution in [1.82, 2.24) is 0 Å². The smallest absolute Gasteiger partial charge is 0.126 e. The van der Waals surface area contributed by atoms with E-state index < -0.39 is 0 Å². The molecule has 0 heterocycles. The van der Waals surface area contributed by atoms with E-state index in [1.54, 1.807) is 6.08 Å². The molecule has 0 aliphatic carbocycles. The van der Waals surface area contributed by atoms with Crippen molar-refractivity contribution >= 4 is 22.0 Å². The molecule has 0 fully saturated rings. The van der Waals surface area contributed by atoms with Gasteiger partial charge in [0.05, 0.1) is 6.61 Å². The number of hydrogen-bond donors (Lipinski definition) is 0. The average Bonchev–Trinajstić information content (AvgIpc) is 2.28. The quantitative estimate of drug-likeness (QED) is 0.454. The van der Waals surface area contributed by atoms with Gasteiger partial charge in [-0.25, -0.2) is 0 Å². The van der Waals surface area contributed by atoms with Crippen molar-refractivity contribution in [3.63, 3.8) is 0 Å². The van der Waals surface area contributed by atoms with Gasteiger partial charge in [-0.3, -0.25) is 0 Å². The van der Waals surface area contributed by atoms with E-state index in [-0.39, 0.29) is 0 Å². The summed E-state index contributed by atoms with van der Waals surface area (Å²) in [6, 6.07) is 5.79. The van der Waals surface area contributed by atoms with Crippen molar-refractivity contribution in [2.45, 2.75) is 6.92 Å². The van der Waals surface area contributed by atoms with Crippen LogP contribution in [0.25, 0.3) is 16.5 Å². The van der Waals surface area contributed by atoms with Gasteiger partial charge < -0.3 is 4.74 Å². The van der Waals surface area contributed by atoms with E-state index in [0.717, 1.165) is 15.8 Å². The van der Waals surface area contributed by atoms with E-state index in [9.17, 15) is 0 Å². The third kappa shape index (κ3) is 3.96. The van der Waals surface area contributed by atoms with Crippen molar-refractivity contribution in [1.29, 1.82) is 0 Å². The lowest BCUT2D eigenvalue weighted by atomic mass is 10.2. The molecule has 84 valence electrons. The normalized spacial score (nSPS) is 10.1. The van der Waals surface area contributed by atoms with Gasteiger partial charge in [0.25, 0.3) is 0 Å². The van der Waals surface area contributed by atoms with Crippen molar-refractivity contribution < 1.29 is 4.74 Å². The van der Waals surface area contributed by atoms with Gasteiger partial charge in [0.2, 0.25) is 0 Å². The summed E-state index contributed by atoms with van der Waals surface area (Å²) in [4.78, 5) is 2.68. The minimum atomic E-state index is 0.342. The number of nitrogens with zero attached hydrogens (tertiary/aromatic N) is 3. The van der Waals surface area contributed by atoms with Crippen molar-refractivity contribution in [3.05, 3.63) is 44.8 Å². The first-order valence-electron chi connectivity index (χ1n) is 4.87. The molecule has 0 aliphatic heterocycles. The summed E-state index contributed by atoms with van der Waals surface area (Å²) in [6.45, 7) is 2.91. The topological polar surface area (TPSA) is 58.0 Å². The zero-order valence-electron chi connectivity index (χ0n) is 8.93. The highest BCUT2D eigenvalue weighted by Gasteiger charge is 2.00. The molecule has 0 amide bonds. The predicted molar refractivity (Wildman–Crippen MR) is 68.4 cm³/mol. The lowest BCUT2D eigenvalue weighted by molar-refractivity contribution is 0.339. The Morgan fingerprint density at radius 3 is 3.06 bits per heavy atom. The molecular weight excluding hydrogens is 270 g/mol. The first kappa shape index (κ1) is 12.6. The standard InChI is InChI=1S/C11H12BrN3O/c1-2-16-11-6-5-10(12)8-9(11)4-3-7-14-15-13/h3-6,8H,2,7H2,1H3. The highest BCUT2D eigenvalue weighted by atomic mass is 79.9. The maximum absolute atomic E-state index is 8.14. The summed E-state index contributed by atoms with van der Waals surface area (Å²) < 4.78 is 6.46. The van der Waals surface area contributed by atoms with Crippen LogP contribution in [0, 0.1) is 0 Å². The van der Waals surface area contributed by atoms with E-state index in [1.165, 1.54) is 0 Å². The molecule has 5 heteroatoms. The van der Waals surface area contributed by atoms with Gasteiger partial charge in [-0.1, -0.05) is 33.2 Å². The second-order valence-electron chi connectivity index (χ2n) is 2.93. The van der Waals surface area contributed by atoms with E-state index >= 15 is 0 Å². The summed E-state index contributed by atoms with van der Waals surface area (Å²) in [5.41, 5.74) is 9.10. The Balaban J connectivity index is 2.86. The van der Waals surface area contributed by atoms with Crippen LogP contribution in [0.5, 0.6) is 5.75 Å². The van der Waals surface area contributed by atoms with Crippen molar-refractivity contribution in [3.8, 4) is 5.75 Å². The number of rotatable bonds is 5. The fraction of sp³-hybridized carbons (Fsp3) is 0.273. The largest absolute Gasteiger partial charge is 0.493 e. The van der Waals surface area contributed by atoms with E-state index in [2.05, 4.69) is 26.0 Å². The molecule has 16 heavy (non-hydrogen) atoms. The van der Waals surface area contributed by atoms with Crippen LogP contribution in [0.4, 0.5) is 0 Å². The monoisotopic (exact) mass is 281 g/mol. The summed E-state index contributed by atoms with van der Waals surface area (Å²) in [5, 5.41) is 3.43. The van der Waals surface area contributed by atoms with Gasteiger partial charge in [-0.05, 0) is 30.7 Å². The second-order valence-corrected chi connectivity index (χ2v) is 3.85. The van der Waals surface area contributed by atoms with Crippen LogP contribution in [0.15, 0.2) is 33.9 Å². The number of hydrogen-bond acceptors (Lipinski definition) is 2. The molecule has 0 radical (unpaired) electrons. The molecule has 0 aliphatic rings. The lowest BCUT2D eigenvalue weighted by Gasteiger charge is -2.07. The molecule has 1 rings (SSSR count). The highest BCUT2D eigenvalue weighted by Crippen LogP contribution is 2.24. The SMILES string of the molecule is CCOc1ccc(Br)cc1C=CCN=[N+]=[N-]. The second kappa shape index (κ2) is 6.93. The van der Waals surface area contributed by atoms with Crippen LogP contribution < -0.4 is 4.74 Å². The molecular formula is C11H12BrN3O. The zero-order chi connectivity index (χ0) is 11.8. The Bertz CT molecular complexity index is 425. The molecule has 1 aromatic carbocycles. The Morgan fingerprint density at radius 1 is 1.56 bits per heavy atom. The van der Waals surface area contributed by atoms with E-state index in [4.69, 9.17) is 10.3 Å². The van der Waals surface area contributed by atoms with Crippen LogP contribution in [0.3, 0.4) is 0 Å². The minimum Gasteiger partial charge on any atom is -0.493 e. The third-order valence-electron chi connectivity index (χ3n) is 1.82. The zero-order valence-corrected chi connectivity index (χ0v) is 10.5. The summed E-state index contributed by atoms with van der Waals surface area (Å²) in [7, 11) is 0. The van der Waals surface area contributed by atoms with Gasteiger partial charge in [0, 0.05) is 21.5 Å². The molecule has 0 atom stereocenters. The van der Waals surface area contributed by atoms with E-state index in [1.807, 2.05) is 31.2 Å². The minimum absolute atomic E-state index is 0.342. The molecule has 0 spiro atoms. The predicted octanol–water partition coefficient (Wildman–Crippen LogP) is 4.17. The van der Waals surface area contributed by atoms with E-state index in [0.29, 0.717) is 13.2 Å². The first-order chi connectivity index (χ1) is 7.77. The molecule has 0 saturated heterocycles. The van der Waals surface area contributed by atoms with Gasteiger partial charge in [-0.15, -0.1) is 0 Å². The van der Waals surface area contributed by atoms with Gasteiger partial charge in [0.1, 0.15) is 5.75 Å². The number of ether oxygens (including phenoxy) is 1. The first-order valence-corrected chi connectivity index (χ1v) is 5.67. The Kier molecular flexibility index (Phi) is 5.46. The lowest BCUT2D eigenvalue weighted by Crippen LogP contribution is -1.93. The third-order valence-corrected chi connectivity index (χ3v) is 2.31. The fourth-order valence-electron chi connectivity index (χ4n) is 1.20. The van der Waals surface area contributed by atoms with Crippen LogP contribution in [-0.4, -0.2) is 13.2 Å².